The molecule has 2 aliphatic rings. The molecule has 2 aromatic heterocycles. The van der Waals surface area contributed by atoms with E-state index in [2.05, 4.69) is 32.1 Å². The highest BCUT2D eigenvalue weighted by molar-refractivity contribution is 5.78. The standard InChI is InChI=1S/C15H21N7O/c1-19(7-11-3-6-15(23)20(11)2)12-8-21(9-12)14-5-4-13-17-16-10-22(13)18-14/h4-5,10-12H,3,6-9H2,1-2H3. The third kappa shape index (κ3) is 2.52. The predicted molar refractivity (Wildman–Crippen MR) is 85.2 cm³/mol. The Morgan fingerprint density at radius 1 is 1.35 bits per heavy atom. The number of aromatic nitrogens is 4. The molecule has 4 rings (SSSR count). The molecule has 0 bridgehead atoms. The van der Waals surface area contributed by atoms with Gasteiger partial charge in [0.2, 0.25) is 5.91 Å². The zero-order valence-electron chi connectivity index (χ0n) is 13.5. The first-order valence-corrected chi connectivity index (χ1v) is 8.00. The van der Waals surface area contributed by atoms with Crippen LogP contribution in [0.25, 0.3) is 5.65 Å². The fourth-order valence-electron chi connectivity index (χ4n) is 3.37. The van der Waals surface area contributed by atoms with E-state index in [1.54, 1.807) is 10.8 Å². The van der Waals surface area contributed by atoms with Crippen molar-refractivity contribution in [3.63, 3.8) is 0 Å². The minimum atomic E-state index is 0.269. The summed E-state index contributed by atoms with van der Waals surface area (Å²) in [5.41, 5.74) is 0.761. The van der Waals surface area contributed by atoms with Gasteiger partial charge in [0, 0.05) is 45.2 Å². The molecule has 122 valence electrons. The van der Waals surface area contributed by atoms with Crippen molar-refractivity contribution in [2.24, 2.45) is 0 Å². The number of nitrogens with zero attached hydrogens (tertiary/aromatic N) is 7. The fraction of sp³-hybridized carbons (Fsp3) is 0.600. The number of hydrogen-bond donors (Lipinski definition) is 0. The predicted octanol–water partition coefficient (Wildman–Crippen LogP) is -0.134. The van der Waals surface area contributed by atoms with Gasteiger partial charge in [-0.3, -0.25) is 9.69 Å². The summed E-state index contributed by atoms with van der Waals surface area (Å²) in [4.78, 5) is 18.1. The van der Waals surface area contributed by atoms with Crippen molar-refractivity contribution >= 4 is 17.4 Å². The topological polar surface area (TPSA) is 69.9 Å². The maximum atomic E-state index is 11.6. The van der Waals surface area contributed by atoms with Crippen molar-refractivity contribution in [2.75, 3.05) is 38.6 Å². The van der Waals surface area contributed by atoms with Crippen LogP contribution >= 0.6 is 0 Å². The molecular weight excluding hydrogens is 294 g/mol. The number of amides is 1. The Bertz CT molecular complexity index is 723. The zero-order valence-corrected chi connectivity index (χ0v) is 13.5. The van der Waals surface area contributed by atoms with Crippen LogP contribution in [-0.4, -0.2) is 81.3 Å². The molecule has 0 spiro atoms. The molecule has 0 aromatic carbocycles. The molecule has 1 amide bonds. The monoisotopic (exact) mass is 315 g/mol. The SMILES string of the molecule is CN(CC1CCC(=O)N1C)C1CN(c2ccc3nncn3n2)C1. The van der Waals surface area contributed by atoms with Crippen molar-refractivity contribution in [2.45, 2.75) is 24.9 Å². The highest BCUT2D eigenvalue weighted by Gasteiger charge is 2.35. The van der Waals surface area contributed by atoms with Gasteiger partial charge >= 0.3 is 0 Å². The van der Waals surface area contributed by atoms with Crippen LogP contribution in [0.5, 0.6) is 0 Å². The van der Waals surface area contributed by atoms with E-state index in [1.807, 2.05) is 24.1 Å². The maximum absolute atomic E-state index is 11.6. The number of carbonyl (C=O) groups excluding carboxylic acids is 1. The van der Waals surface area contributed by atoms with E-state index >= 15 is 0 Å². The molecule has 8 heteroatoms. The Morgan fingerprint density at radius 2 is 2.17 bits per heavy atom. The Labute approximate surface area is 134 Å². The van der Waals surface area contributed by atoms with Gasteiger partial charge in [0.1, 0.15) is 12.1 Å². The lowest BCUT2D eigenvalue weighted by atomic mass is 10.1. The van der Waals surface area contributed by atoms with Crippen LogP contribution in [0.3, 0.4) is 0 Å². The first-order chi connectivity index (χ1) is 11.1. The number of carbonyl (C=O) groups is 1. The second kappa shape index (κ2) is 5.45. The van der Waals surface area contributed by atoms with E-state index in [1.165, 1.54) is 0 Å². The van der Waals surface area contributed by atoms with Crippen LogP contribution in [0, 0.1) is 0 Å². The van der Waals surface area contributed by atoms with E-state index in [-0.39, 0.29) is 5.91 Å². The summed E-state index contributed by atoms with van der Waals surface area (Å²) in [5.74, 6) is 1.22. The van der Waals surface area contributed by atoms with Crippen LogP contribution < -0.4 is 4.90 Å². The van der Waals surface area contributed by atoms with Crippen LogP contribution in [-0.2, 0) is 4.79 Å². The van der Waals surface area contributed by atoms with Gasteiger partial charge in [0.15, 0.2) is 5.65 Å². The van der Waals surface area contributed by atoms with Gasteiger partial charge in [0.05, 0.1) is 0 Å². The van der Waals surface area contributed by atoms with Gasteiger partial charge in [-0.1, -0.05) is 0 Å². The van der Waals surface area contributed by atoms with Gasteiger partial charge in [-0.05, 0) is 25.6 Å². The molecule has 0 aliphatic carbocycles. The van der Waals surface area contributed by atoms with Gasteiger partial charge < -0.3 is 9.80 Å². The summed E-state index contributed by atoms with van der Waals surface area (Å²) >= 11 is 0. The molecule has 2 fully saturated rings. The average Bonchev–Trinajstić information content (AvgIpc) is 3.07. The lowest BCUT2D eigenvalue weighted by Gasteiger charge is -2.45. The quantitative estimate of drug-likeness (QED) is 0.782. The molecule has 23 heavy (non-hydrogen) atoms. The summed E-state index contributed by atoms with van der Waals surface area (Å²) in [5, 5.41) is 12.3. The lowest BCUT2D eigenvalue weighted by Crippen LogP contribution is -2.60. The average molecular weight is 315 g/mol. The van der Waals surface area contributed by atoms with E-state index in [9.17, 15) is 4.79 Å². The molecular formula is C15H21N7O. The van der Waals surface area contributed by atoms with Crippen LogP contribution in [0.2, 0.25) is 0 Å². The molecule has 2 aromatic rings. The van der Waals surface area contributed by atoms with Crippen molar-refractivity contribution in [3.8, 4) is 0 Å². The summed E-state index contributed by atoms with van der Waals surface area (Å²) in [7, 11) is 4.06. The third-order valence-corrected chi connectivity index (χ3v) is 5.09. The number of fused-ring (bicyclic) bond motifs is 1. The summed E-state index contributed by atoms with van der Waals surface area (Å²) in [6.45, 7) is 2.86. The van der Waals surface area contributed by atoms with Gasteiger partial charge in [0.25, 0.3) is 0 Å². The summed E-state index contributed by atoms with van der Waals surface area (Å²) in [6, 6.07) is 4.79. The van der Waals surface area contributed by atoms with Crippen molar-refractivity contribution in [1.82, 2.24) is 29.6 Å². The molecule has 1 atom stereocenters. The van der Waals surface area contributed by atoms with E-state index < -0.39 is 0 Å². The molecule has 1 unspecified atom stereocenters. The first kappa shape index (κ1) is 14.4. The van der Waals surface area contributed by atoms with E-state index in [0.29, 0.717) is 18.5 Å². The van der Waals surface area contributed by atoms with Crippen LogP contribution in [0.4, 0.5) is 5.82 Å². The number of likely N-dealkylation sites (N-methyl/N-ethyl adjacent to an activating group) is 2. The van der Waals surface area contributed by atoms with E-state index in [0.717, 1.165) is 37.5 Å². The minimum Gasteiger partial charge on any atom is -0.352 e. The first-order valence-electron chi connectivity index (χ1n) is 8.00. The molecule has 0 N–H and O–H groups in total. The molecule has 4 heterocycles. The number of rotatable bonds is 4. The minimum absolute atomic E-state index is 0.269. The fourth-order valence-corrected chi connectivity index (χ4v) is 3.37. The molecule has 2 aliphatic heterocycles. The lowest BCUT2D eigenvalue weighted by molar-refractivity contribution is -0.127. The summed E-state index contributed by atoms with van der Waals surface area (Å²) < 4.78 is 1.70. The number of anilines is 1. The van der Waals surface area contributed by atoms with Crippen molar-refractivity contribution in [1.29, 1.82) is 0 Å². The zero-order chi connectivity index (χ0) is 16.0. The summed E-state index contributed by atoms with van der Waals surface area (Å²) in [6.07, 6.45) is 3.28. The molecule has 0 saturated carbocycles. The normalized spacial score (nSPS) is 22.4. The van der Waals surface area contributed by atoms with E-state index in [4.69, 9.17) is 0 Å². The van der Waals surface area contributed by atoms with Gasteiger partial charge in [-0.25, -0.2) is 0 Å². The maximum Gasteiger partial charge on any atom is 0.222 e. The van der Waals surface area contributed by atoms with Gasteiger partial charge in [-0.2, -0.15) is 4.52 Å². The smallest absolute Gasteiger partial charge is 0.222 e. The Kier molecular flexibility index (Phi) is 3.41. The molecule has 8 nitrogen and oxygen atoms in total. The second-order valence-electron chi connectivity index (χ2n) is 6.52. The van der Waals surface area contributed by atoms with Crippen molar-refractivity contribution < 1.29 is 4.79 Å². The Morgan fingerprint density at radius 3 is 2.91 bits per heavy atom. The van der Waals surface area contributed by atoms with Gasteiger partial charge in [-0.15, -0.1) is 15.3 Å². The number of likely N-dealkylation sites (tertiary alicyclic amines) is 1. The molecule has 2 saturated heterocycles. The largest absolute Gasteiger partial charge is 0.352 e. The third-order valence-electron chi connectivity index (χ3n) is 5.09. The Balaban J connectivity index is 1.34. The van der Waals surface area contributed by atoms with Crippen LogP contribution in [0.15, 0.2) is 18.5 Å². The second-order valence-corrected chi connectivity index (χ2v) is 6.52. The highest BCUT2D eigenvalue weighted by Crippen LogP contribution is 2.23. The highest BCUT2D eigenvalue weighted by atomic mass is 16.2. The Hall–Kier alpha value is -2.22. The number of hydrogen-bond acceptors (Lipinski definition) is 6. The van der Waals surface area contributed by atoms with Crippen LogP contribution in [0.1, 0.15) is 12.8 Å². The van der Waals surface area contributed by atoms with Crippen molar-refractivity contribution in [3.05, 3.63) is 18.5 Å². The molecule has 0 radical (unpaired) electrons.